The number of hydrogen-bond acceptors (Lipinski definition) is 6. The van der Waals surface area contributed by atoms with Gasteiger partial charge in [-0.15, -0.1) is 11.3 Å². The largest absolute Gasteiger partial charge is 0.497 e. The predicted molar refractivity (Wildman–Crippen MR) is 109 cm³/mol. The number of nitrogens with zero attached hydrogens (tertiary/aromatic N) is 5. The van der Waals surface area contributed by atoms with Crippen molar-refractivity contribution >= 4 is 17.2 Å². The van der Waals surface area contributed by atoms with Gasteiger partial charge in [-0.3, -0.25) is 4.79 Å². The molecule has 3 aromatic rings. The van der Waals surface area contributed by atoms with Gasteiger partial charge >= 0.3 is 5.69 Å². The highest BCUT2D eigenvalue weighted by atomic mass is 32.1. The van der Waals surface area contributed by atoms with Gasteiger partial charge in [-0.05, 0) is 64.4 Å². The summed E-state index contributed by atoms with van der Waals surface area (Å²) in [5.41, 5.74) is 0.734. The SMILES string of the molecule is COc1cccc(CC(=O)N2CCC(Cn3nnn(-c4cccs4)c3=O)CC2)c1. The van der Waals surface area contributed by atoms with Crippen molar-refractivity contribution in [3.05, 3.63) is 57.8 Å². The maximum Gasteiger partial charge on any atom is 0.369 e. The highest BCUT2D eigenvalue weighted by molar-refractivity contribution is 7.12. The summed E-state index contributed by atoms with van der Waals surface area (Å²) in [6.07, 6.45) is 2.07. The average Bonchev–Trinajstić information content (AvgIpc) is 3.39. The summed E-state index contributed by atoms with van der Waals surface area (Å²) in [7, 11) is 1.62. The van der Waals surface area contributed by atoms with Crippen molar-refractivity contribution in [3.8, 4) is 10.8 Å². The molecule has 3 heterocycles. The van der Waals surface area contributed by atoms with E-state index < -0.39 is 0 Å². The first kappa shape index (κ1) is 19.4. The van der Waals surface area contributed by atoms with Crippen LogP contribution in [0.5, 0.6) is 5.75 Å². The number of hydrogen-bond donors (Lipinski definition) is 0. The van der Waals surface area contributed by atoms with Crippen molar-refractivity contribution in [1.29, 1.82) is 0 Å². The Morgan fingerprint density at radius 3 is 2.76 bits per heavy atom. The van der Waals surface area contributed by atoms with E-state index in [1.54, 1.807) is 7.11 Å². The Bertz CT molecular complexity index is 1020. The molecular formula is C20H23N5O3S. The minimum Gasteiger partial charge on any atom is -0.497 e. The van der Waals surface area contributed by atoms with E-state index in [0.717, 1.165) is 29.2 Å². The molecular weight excluding hydrogens is 390 g/mol. The van der Waals surface area contributed by atoms with E-state index in [0.29, 0.717) is 32.0 Å². The molecule has 0 radical (unpaired) electrons. The van der Waals surface area contributed by atoms with Gasteiger partial charge in [0.1, 0.15) is 10.8 Å². The van der Waals surface area contributed by atoms with Crippen molar-refractivity contribution in [2.75, 3.05) is 20.2 Å². The minimum atomic E-state index is -0.219. The summed E-state index contributed by atoms with van der Waals surface area (Å²) in [4.78, 5) is 27.0. The first-order valence-corrected chi connectivity index (χ1v) is 10.5. The molecule has 29 heavy (non-hydrogen) atoms. The molecule has 0 atom stereocenters. The third-order valence-electron chi connectivity index (χ3n) is 5.24. The normalized spacial score (nSPS) is 14.9. The summed E-state index contributed by atoms with van der Waals surface area (Å²) in [5, 5.41) is 10.7. The van der Waals surface area contributed by atoms with Crippen LogP contribution in [0.1, 0.15) is 18.4 Å². The van der Waals surface area contributed by atoms with Gasteiger partial charge < -0.3 is 9.64 Å². The lowest BCUT2D eigenvalue weighted by Crippen LogP contribution is -2.40. The molecule has 1 aliphatic heterocycles. The zero-order valence-electron chi connectivity index (χ0n) is 16.2. The van der Waals surface area contributed by atoms with Crippen LogP contribution in [-0.2, 0) is 17.8 Å². The van der Waals surface area contributed by atoms with Crippen LogP contribution in [-0.4, -0.2) is 50.8 Å². The Kier molecular flexibility index (Phi) is 5.75. The van der Waals surface area contributed by atoms with E-state index >= 15 is 0 Å². The summed E-state index contributed by atoms with van der Waals surface area (Å²) < 4.78 is 7.98. The fraction of sp³-hybridized carbons (Fsp3) is 0.400. The summed E-state index contributed by atoms with van der Waals surface area (Å²) in [6.45, 7) is 1.92. The van der Waals surface area contributed by atoms with Gasteiger partial charge in [0, 0.05) is 13.1 Å². The van der Waals surface area contributed by atoms with E-state index in [4.69, 9.17) is 4.74 Å². The highest BCUT2D eigenvalue weighted by Crippen LogP contribution is 2.20. The lowest BCUT2D eigenvalue weighted by atomic mass is 9.96. The number of ether oxygens (including phenoxy) is 1. The number of tetrazole rings is 1. The van der Waals surface area contributed by atoms with E-state index in [-0.39, 0.29) is 11.6 Å². The van der Waals surface area contributed by atoms with Crippen molar-refractivity contribution in [1.82, 2.24) is 24.7 Å². The second-order valence-electron chi connectivity index (χ2n) is 7.16. The maximum absolute atomic E-state index is 12.6. The van der Waals surface area contributed by atoms with Gasteiger partial charge in [-0.1, -0.05) is 12.1 Å². The molecule has 152 valence electrons. The number of methoxy groups -OCH3 is 1. The Hall–Kier alpha value is -2.94. The molecule has 4 rings (SSSR count). The summed E-state index contributed by atoms with van der Waals surface area (Å²) >= 11 is 1.45. The molecule has 0 spiro atoms. The minimum absolute atomic E-state index is 0.123. The van der Waals surface area contributed by atoms with Gasteiger partial charge in [0.05, 0.1) is 20.1 Å². The van der Waals surface area contributed by atoms with Crippen LogP contribution in [0, 0.1) is 5.92 Å². The van der Waals surface area contributed by atoms with Crippen LogP contribution in [0.3, 0.4) is 0 Å². The van der Waals surface area contributed by atoms with Gasteiger partial charge in [0.25, 0.3) is 0 Å². The molecule has 1 amide bonds. The number of likely N-dealkylation sites (tertiary alicyclic amines) is 1. The number of thiophene rings is 1. The standard InChI is InChI=1S/C20H23N5O3S/c1-28-17-5-2-4-16(12-17)13-18(26)23-9-7-15(8-10-23)14-24-20(27)25(22-21-24)19-6-3-11-29-19/h2-6,11-12,15H,7-10,13-14H2,1H3. The molecule has 0 bridgehead atoms. The number of carbonyl (C=O) groups excluding carboxylic acids is 1. The van der Waals surface area contributed by atoms with Gasteiger partial charge in [-0.25, -0.2) is 4.79 Å². The number of benzene rings is 1. The lowest BCUT2D eigenvalue weighted by molar-refractivity contribution is -0.131. The van der Waals surface area contributed by atoms with Crippen LogP contribution in [0.15, 0.2) is 46.6 Å². The fourth-order valence-electron chi connectivity index (χ4n) is 3.60. The number of amides is 1. The Morgan fingerprint density at radius 1 is 1.21 bits per heavy atom. The highest BCUT2D eigenvalue weighted by Gasteiger charge is 2.24. The molecule has 0 saturated carbocycles. The molecule has 1 saturated heterocycles. The van der Waals surface area contributed by atoms with Crippen LogP contribution in [0.2, 0.25) is 0 Å². The van der Waals surface area contributed by atoms with Crippen LogP contribution >= 0.6 is 11.3 Å². The van der Waals surface area contributed by atoms with E-state index in [2.05, 4.69) is 10.4 Å². The maximum atomic E-state index is 12.6. The zero-order valence-corrected chi connectivity index (χ0v) is 17.0. The van der Waals surface area contributed by atoms with Crippen molar-refractivity contribution in [3.63, 3.8) is 0 Å². The average molecular weight is 414 g/mol. The van der Waals surface area contributed by atoms with Crippen molar-refractivity contribution < 1.29 is 9.53 Å². The Morgan fingerprint density at radius 2 is 2.03 bits per heavy atom. The van der Waals surface area contributed by atoms with Crippen LogP contribution < -0.4 is 10.4 Å². The molecule has 1 aliphatic rings. The monoisotopic (exact) mass is 413 g/mol. The predicted octanol–water partition coefficient (Wildman–Crippen LogP) is 1.98. The van der Waals surface area contributed by atoms with Gasteiger partial charge in [-0.2, -0.15) is 9.36 Å². The molecule has 1 aromatic carbocycles. The molecule has 2 aromatic heterocycles. The molecule has 0 unspecified atom stereocenters. The molecule has 8 nitrogen and oxygen atoms in total. The third-order valence-corrected chi connectivity index (χ3v) is 6.09. The second kappa shape index (κ2) is 8.60. The molecule has 0 aliphatic carbocycles. The molecule has 9 heteroatoms. The van der Waals surface area contributed by atoms with Crippen LogP contribution in [0.25, 0.3) is 5.00 Å². The Labute approximate surface area is 172 Å². The summed E-state index contributed by atoms with van der Waals surface area (Å²) in [5.74, 6) is 1.19. The van der Waals surface area contributed by atoms with Crippen molar-refractivity contribution in [2.24, 2.45) is 5.92 Å². The zero-order chi connectivity index (χ0) is 20.2. The van der Waals surface area contributed by atoms with Crippen LogP contribution in [0.4, 0.5) is 0 Å². The van der Waals surface area contributed by atoms with E-state index in [9.17, 15) is 9.59 Å². The number of piperidine rings is 1. The number of rotatable bonds is 6. The molecule has 0 N–H and O–H groups in total. The van der Waals surface area contributed by atoms with Gasteiger partial charge in [0.15, 0.2) is 0 Å². The second-order valence-corrected chi connectivity index (χ2v) is 8.09. The first-order chi connectivity index (χ1) is 14.1. The number of carbonyl (C=O) groups is 1. The quantitative estimate of drug-likeness (QED) is 0.617. The summed E-state index contributed by atoms with van der Waals surface area (Å²) in [6, 6.07) is 11.3. The van der Waals surface area contributed by atoms with E-state index in [1.807, 2.05) is 46.7 Å². The fourth-order valence-corrected chi connectivity index (χ4v) is 4.26. The first-order valence-electron chi connectivity index (χ1n) is 9.61. The smallest absolute Gasteiger partial charge is 0.369 e. The Balaban J connectivity index is 1.31. The lowest BCUT2D eigenvalue weighted by Gasteiger charge is -2.31. The van der Waals surface area contributed by atoms with Crippen molar-refractivity contribution in [2.45, 2.75) is 25.8 Å². The van der Waals surface area contributed by atoms with Gasteiger partial charge in [0.2, 0.25) is 5.91 Å². The topological polar surface area (TPSA) is 82.2 Å². The van der Waals surface area contributed by atoms with E-state index in [1.165, 1.54) is 20.7 Å². The molecule has 1 fully saturated rings. The number of aromatic nitrogens is 4. The third kappa shape index (κ3) is 4.40.